The van der Waals surface area contributed by atoms with Gasteiger partial charge in [-0.05, 0) is 32.1 Å². The highest BCUT2D eigenvalue weighted by atomic mass is 16.2. The van der Waals surface area contributed by atoms with Crippen molar-refractivity contribution in [2.75, 3.05) is 6.67 Å². The molecule has 0 saturated carbocycles. The predicted molar refractivity (Wildman–Crippen MR) is 75.0 cm³/mol. The first-order valence-corrected chi connectivity index (χ1v) is 5.60. The van der Waals surface area contributed by atoms with Crippen LogP contribution in [-0.4, -0.2) is 30.4 Å². The Hall–Kier alpha value is -2.37. The van der Waals surface area contributed by atoms with Crippen molar-refractivity contribution in [2.45, 2.75) is 19.9 Å². The Kier molecular flexibility index (Phi) is 12.1. The number of hydrogen-bond acceptors (Lipinski definition) is 3. The van der Waals surface area contributed by atoms with Crippen LogP contribution in [0.5, 0.6) is 0 Å². The van der Waals surface area contributed by atoms with Crippen LogP contribution in [0, 0.1) is 0 Å². The van der Waals surface area contributed by atoms with Crippen molar-refractivity contribution < 1.29 is 14.4 Å². The summed E-state index contributed by atoms with van der Waals surface area (Å²) in [7, 11) is 0. The van der Waals surface area contributed by atoms with E-state index in [-0.39, 0.29) is 30.4 Å². The fraction of sp³-hybridized carbons (Fsp3) is 0.308. The smallest absolute Gasteiger partial charge is 0.244 e. The van der Waals surface area contributed by atoms with Crippen molar-refractivity contribution in [3.8, 4) is 0 Å². The monoisotopic (exact) mass is 267 g/mol. The lowest BCUT2D eigenvalue weighted by Gasteiger charge is -2.02. The molecule has 0 aromatic rings. The van der Waals surface area contributed by atoms with Crippen LogP contribution >= 0.6 is 0 Å². The van der Waals surface area contributed by atoms with Gasteiger partial charge in [0.15, 0.2) is 0 Å². The summed E-state index contributed by atoms with van der Waals surface area (Å²) in [5, 5.41) is 7.36. The topological polar surface area (TPSA) is 87.3 Å². The Balaban J connectivity index is 0. The molecule has 0 unspecified atom stereocenters. The molecular formula is C13H21N3O3. The molecule has 0 saturated heterocycles. The van der Waals surface area contributed by atoms with Gasteiger partial charge in [-0.2, -0.15) is 0 Å². The highest BCUT2D eigenvalue weighted by molar-refractivity contribution is 5.89. The third-order valence-electron chi connectivity index (χ3n) is 1.51. The lowest BCUT2D eigenvalue weighted by atomic mass is 10.4. The normalized spacial score (nSPS) is 8.37. The molecule has 0 aromatic heterocycles. The van der Waals surface area contributed by atoms with Crippen LogP contribution in [-0.2, 0) is 14.4 Å². The van der Waals surface area contributed by atoms with Gasteiger partial charge in [0.25, 0.3) is 0 Å². The highest BCUT2D eigenvalue weighted by Gasteiger charge is 1.94. The number of amides is 3. The first kappa shape index (κ1) is 19.0. The van der Waals surface area contributed by atoms with Gasteiger partial charge in [-0.3, -0.25) is 14.4 Å². The van der Waals surface area contributed by atoms with Crippen molar-refractivity contribution in [3.63, 3.8) is 0 Å². The van der Waals surface area contributed by atoms with Crippen LogP contribution in [0.1, 0.15) is 13.8 Å². The molecule has 0 aliphatic carbocycles. The van der Waals surface area contributed by atoms with E-state index in [1.54, 1.807) is 0 Å². The summed E-state index contributed by atoms with van der Waals surface area (Å²) in [6.07, 6.45) is 3.51. The van der Waals surface area contributed by atoms with E-state index >= 15 is 0 Å². The van der Waals surface area contributed by atoms with Crippen LogP contribution in [0.2, 0.25) is 0 Å². The third-order valence-corrected chi connectivity index (χ3v) is 1.51. The molecule has 0 rings (SSSR count). The molecule has 6 heteroatoms. The Labute approximate surface area is 113 Å². The average Bonchev–Trinajstić information content (AvgIpc) is 2.38. The second kappa shape index (κ2) is 12.1. The van der Waals surface area contributed by atoms with E-state index in [4.69, 9.17) is 0 Å². The second-order valence-corrected chi connectivity index (χ2v) is 3.53. The minimum atomic E-state index is -0.325. The Morgan fingerprint density at radius 1 is 0.895 bits per heavy atom. The summed E-state index contributed by atoms with van der Waals surface area (Å²) < 4.78 is 0. The maximum atomic E-state index is 10.5. The Bertz CT molecular complexity index is 329. The van der Waals surface area contributed by atoms with Crippen LogP contribution in [0.3, 0.4) is 0 Å². The van der Waals surface area contributed by atoms with E-state index in [1.807, 2.05) is 13.8 Å². The van der Waals surface area contributed by atoms with Crippen molar-refractivity contribution in [1.82, 2.24) is 16.0 Å². The Morgan fingerprint density at radius 3 is 1.47 bits per heavy atom. The first-order valence-electron chi connectivity index (χ1n) is 5.60. The van der Waals surface area contributed by atoms with Crippen molar-refractivity contribution in [1.29, 1.82) is 0 Å². The zero-order valence-electron chi connectivity index (χ0n) is 11.4. The summed E-state index contributed by atoms with van der Waals surface area (Å²) in [5.41, 5.74) is 0. The summed E-state index contributed by atoms with van der Waals surface area (Å²) in [6, 6.07) is 0.209. The molecule has 6 nitrogen and oxygen atoms in total. The zero-order chi connectivity index (χ0) is 15.3. The van der Waals surface area contributed by atoms with Gasteiger partial charge < -0.3 is 16.0 Å². The summed E-state index contributed by atoms with van der Waals surface area (Å²) >= 11 is 0. The standard InChI is InChI=1S/C7H10N2O2.C6H11NO/c1-3-6(10)8-5-9-7(11)4-2;1-4-6(8)7-5(2)3/h3-4H,1-2,5H2,(H,8,10)(H,9,11);4-5H,1H2,2-3H3,(H,7,8). The molecule has 0 heterocycles. The van der Waals surface area contributed by atoms with Crippen molar-refractivity contribution in [3.05, 3.63) is 38.0 Å². The molecule has 19 heavy (non-hydrogen) atoms. The molecule has 0 spiro atoms. The number of nitrogens with one attached hydrogen (secondary N) is 3. The van der Waals surface area contributed by atoms with Crippen molar-refractivity contribution >= 4 is 17.7 Å². The van der Waals surface area contributed by atoms with Crippen molar-refractivity contribution in [2.24, 2.45) is 0 Å². The number of hydrogen-bond donors (Lipinski definition) is 3. The minimum Gasteiger partial charge on any atom is -0.350 e. The van der Waals surface area contributed by atoms with Gasteiger partial charge in [0.2, 0.25) is 17.7 Å². The number of rotatable bonds is 6. The molecule has 0 bridgehead atoms. The number of carbonyl (C=O) groups is 3. The largest absolute Gasteiger partial charge is 0.350 e. The van der Waals surface area contributed by atoms with Gasteiger partial charge in [-0.25, -0.2) is 0 Å². The van der Waals surface area contributed by atoms with E-state index in [0.717, 1.165) is 12.2 Å². The van der Waals surface area contributed by atoms with Gasteiger partial charge in [-0.15, -0.1) is 0 Å². The molecule has 0 radical (unpaired) electrons. The van der Waals surface area contributed by atoms with Crippen LogP contribution in [0.15, 0.2) is 38.0 Å². The molecule has 106 valence electrons. The van der Waals surface area contributed by atoms with Gasteiger partial charge in [0.05, 0.1) is 6.67 Å². The minimum absolute atomic E-state index is 0.0930. The van der Waals surface area contributed by atoms with Crippen LogP contribution < -0.4 is 16.0 Å². The van der Waals surface area contributed by atoms with Gasteiger partial charge in [0, 0.05) is 6.04 Å². The molecule has 0 aliphatic rings. The van der Waals surface area contributed by atoms with Crippen LogP contribution in [0.4, 0.5) is 0 Å². The highest BCUT2D eigenvalue weighted by Crippen LogP contribution is 1.75. The summed E-state index contributed by atoms with van der Waals surface area (Å²) in [6.45, 7) is 13.7. The van der Waals surface area contributed by atoms with E-state index in [1.165, 1.54) is 6.08 Å². The fourth-order valence-corrected chi connectivity index (χ4v) is 0.706. The quantitative estimate of drug-likeness (QED) is 0.476. The first-order chi connectivity index (χ1) is 8.87. The SMILES string of the molecule is C=CC(=O)NC(C)C.C=CC(=O)NCNC(=O)C=C. The average molecular weight is 267 g/mol. The summed E-state index contributed by atoms with van der Waals surface area (Å²) in [5.74, 6) is -0.760. The maximum absolute atomic E-state index is 10.5. The molecule has 3 amide bonds. The predicted octanol–water partition coefficient (Wildman–Crippen LogP) is 0.245. The maximum Gasteiger partial charge on any atom is 0.244 e. The van der Waals surface area contributed by atoms with Gasteiger partial charge in [-0.1, -0.05) is 19.7 Å². The third kappa shape index (κ3) is 15.6. The summed E-state index contributed by atoms with van der Waals surface area (Å²) in [4.78, 5) is 31.3. The molecule has 0 atom stereocenters. The zero-order valence-corrected chi connectivity index (χ0v) is 11.4. The van der Waals surface area contributed by atoms with E-state index in [2.05, 4.69) is 35.7 Å². The van der Waals surface area contributed by atoms with E-state index in [0.29, 0.717) is 0 Å². The van der Waals surface area contributed by atoms with Gasteiger partial charge >= 0.3 is 0 Å². The lowest BCUT2D eigenvalue weighted by molar-refractivity contribution is -0.118. The second-order valence-electron chi connectivity index (χ2n) is 3.53. The molecule has 3 N–H and O–H groups in total. The van der Waals surface area contributed by atoms with E-state index < -0.39 is 0 Å². The number of carbonyl (C=O) groups excluding carboxylic acids is 3. The lowest BCUT2D eigenvalue weighted by Crippen LogP contribution is -2.35. The molecule has 0 fully saturated rings. The van der Waals surface area contributed by atoms with Crippen LogP contribution in [0.25, 0.3) is 0 Å². The molecule has 0 aliphatic heterocycles. The molecular weight excluding hydrogens is 246 g/mol. The Morgan fingerprint density at radius 2 is 1.26 bits per heavy atom. The molecule has 0 aromatic carbocycles. The van der Waals surface area contributed by atoms with E-state index in [9.17, 15) is 14.4 Å². The fourth-order valence-electron chi connectivity index (χ4n) is 0.706. The van der Waals surface area contributed by atoms with Gasteiger partial charge in [0.1, 0.15) is 0 Å².